The van der Waals surface area contributed by atoms with Crippen LogP contribution in [0.15, 0.2) is 17.5 Å². The number of nitrogens with zero attached hydrogens (tertiary/aromatic N) is 2. The minimum Gasteiger partial charge on any atom is -0.310 e. The van der Waals surface area contributed by atoms with E-state index in [9.17, 15) is 0 Å². The van der Waals surface area contributed by atoms with Gasteiger partial charge in [-0.05, 0) is 31.7 Å². The summed E-state index contributed by atoms with van der Waals surface area (Å²) in [5, 5.41) is 10.7. The molecule has 0 saturated heterocycles. The normalized spacial score (nSPS) is 12.9. The lowest BCUT2D eigenvalue weighted by molar-refractivity contribution is 0.547. The van der Waals surface area contributed by atoms with Gasteiger partial charge in [0.2, 0.25) is 0 Å². The third kappa shape index (κ3) is 3.13. The molecule has 2 rings (SSSR count). The summed E-state index contributed by atoms with van der Waals surface area (Å²) >= 11 is 8.00. The van der Waals surface area contributed by atoms with Crippen LogP contribution in [0.1, 0.15) is 23.1 Å². The first-order valence-electron chi connectivity index (χ1n) is 6.01. The highest BCUT2D eigenvalue weighted by Gasteiger charge is 2.12. The van der Waals surface area contributed by atoms with Gasteiger partial charge in [0.15, 0.2) is 0 Å². The van der Waals surface area contributed by atoms with Crippen LogP contribution >= 0.6 is 22.9 Å². The molecule has 0 saturated carbocycles. The Morgan fingerprint density at radius 1 is 1.56 bits per heavy atom. The Morgan fingerprint density at radius 2 is 2.33 bits per heavy atom. The van der Waals surface area contributed by atoms with Crippen molar-refractivity contribution in [3.8, 4) is 0 Å². The number of thiophene rings is 1. The number of nitrogens with one attached hydrogen (secondary N) is 1. The molecule has 0 aliphatic heterocycles. The van der Waals surface area contributed by atoms with Gasteiger partial charge in [0.05, 0.1) is 5.69 Å². The monoisotopic (exact) mass is 283 g/mol. The fraction of sp³-hybridized carbons (Fsp3) is 0.462. The van der Waals surface area contributed by atoms with Gasteiger partial charge in [0, 0.05) is 30.1 Å². The van der Waals surface area contributed by atoms with Crippen molar-refractivity contribution in [1.82, 2.24) is 15.1 Å². The molecule has 0 amide bonds. The average Bonchev–Trinajstić information content (AvgIpc) is 2.88. The summed E-state index contributed by atoms with van der Waals surface area (Å²) in [4.78, 5) is 1.41. The van der Waals surface area contributed by atoms with E-state index in [1.807, 2.05) is 14.0 Å². The van der Waals surface area contributed by atoms with Crippen LogP contribution in [-0.2, 0) is 20.0 Å². The lowest BCUT2D eigenvalue weighted by Crippen LogP contribution is -2.27. The van der Waals surface area contributed by atoms with Crippen molar-refractivity contribution in [2.24, 2.45) is 7.05 Å². The average molecular weight is 284 g/mol. The van der Waals surface area contributed by atoms with E-state index in [-0.39, 0.29) is 0 Å². The second-order valence-corrected chi connectivity index (χ2v) is 5.93. The summed E-state index contributed by atoms with van der Waals surface area (Å²) in [5.41, 5.74) is 2.09. The van der Waals surface area contributed by atoms with E-state index in [0.717, 1.165) is 29.4 Å². The number of hydrogen-bond donors (Lipinski definition) is 1. The van der Waals surface area contributed by atoms with Crippen LogP contribution < -0.4 is 5.32 Å². The molecule has 18 heavy (non-hydrogen) atoms. The lowest BCUT2D eigenvalue weighted by Gasteiger charge is -2.12. The molecule has 2 aromatic rings. The maximum atomic E-state index is 6.20. The number of hydrogen-bond acceptors (Lipinski definition) is 3. The smallest absolute Gasteiger partial charge is 0.131 e. The third-order valence-corrected chi connectivity index (χ3v) is 4.36. The zero-order valence-electron chi connectivity index (χ0n) is 10.9. The van der Waals surface area contributed by atoms with Crippen LogP contribution in [0.25, 0.3) is 0 Å². The van der Waals surface area contributed by atoms with Crippen LogP contribution in [0.3, 0.4) is 0 Å². The van der Waals surface area contributed by atoms with E-state index in [4.69, 9.17) is 11.6 Å². The third-order valence-electron chi connectivity index (χ3n) is 2.98. The summed E-state index contributed by atoms with van der Waals surface area (Å²) in [6.45, 7) is 4.96. The van der Waals surface area contributed by atoms with Crippen LogP contribution in [0, 0.1) is 6.92 Å². The molecule has 0 radical (unpaired) electrons. The molecule has 5 heteroatoms. The second kappa shape index (κ2) is 5.87. The summed E-state index contributed by atoms with van der Waals surface area (Å²) < 4.78 is 1.72. The molecule has 98 valence electrons. The summed E-state index contributed by atoms with van der Waals surface area (Å²) in [5.74, 6) is 0. The highest BCUT2D eigenvalue weighted by atomic mass is 35.5. The van der Waals surface area contributed by atoms with Crippen molar-refractivity contribution in [3.63, 3.8) is 0 Å². The number of aromatic nitrogens is 2. The molecule has 0 bridgehead atoms. The fourth-order valence-electron chi connectivity index (χ4n) is 1.95. The molecule has 0 aromatic carbocycles. The maximum absolute atomic E-state index is 6.20. The van der Waals surface area contributed by atoms with Crippen molar-refractivity contribution in [2.45, 2.75) is 32.9 Å². The maximum Gasteiger partial charge on any atom is 0.131 e. The van der Waals surface area contributed by atoms with Gasteiger partial charge in [0.1, 0.15) is 5.15 Å². The Bertz CT molecular complexity index is 505. The lowest BCUT2D eigenvalue weighted by atomic mass is 10.2. The molecular weight excluding hydrogens is 266 g/mol. The molecule has 3 nitrogen and oxygen atoms in total. The SMILES string of the molecule is Cc1nn(C)c(Cl)c1CNC(C)Cc1cccs1. The minimum atomic E-state index is 0.430. The Labute approximate surface area is 117 Å². The van der Waals surface area contributed by atoms with Crippen LogP contribution in [0.2, 0.25) is 5.15 Å². The van der Waals surface area contributed by atoms with Gasteiger partial charge in [-0.2, -0.15) is 5.10 Å². The van der Waals surface area contributed by atoms with Gasteiger partial charge in [-0.15, -0.1) is 11.3 Å². The van der Waals surface area contributed by atoms with Crippen LogP contribution in [0.5, 0.6) is 0 Å². The van der Waals surface area contributed by atoms with Gasteiger partial charge >= 0.3 is 0 Å². The van der Waals surface area contributed by atoms with Crippen molar-refractivity contribution in [2.75, 3.05) is 0 Å². The van der Waals surface area contributed by atoms with E-state index in [1.165, 1.54) is 4.88 Å². The van der Waals surface area contributed by atoms with Gasteiger partial charge in [-0.1, -0.05) is 17.7 Å². The molecule has 0 spiro atoms. The second-order valence-electron chi connectivity index (χ2n) is 4.54. The van der Waals surface area contributed by atoms with Crippen molar-refractivity contribution >= 4 is 22.9 Å². The predicted molar refractivity (Wildman–Crippen MR) is 77.3 cm³/mol. The van der Waals surface area contributed by atoms with Crippen LogP contribution in [0.4, 0.5) is 0 Å². The van der Waals surface area contributed by atoms with Gasteiger partial charge in [0.25, 0.3) is 0 Å². The molecule has 2 aromatic heterocycles. The molecule has 1 atom stereocenters. The van der Waals surface area contributed by atoms with E-state index in [0.29, 0.717) is 6.04 Å². The number of rotatable bonds is 5. The van der Waals surface area contributed by atoms with Gasteiger partial charge in [-0.3, -0.25) is 4.68 Å². The Morgan fingerprint density at radius 3 is 2.89 bits per heavy atom. The quantitative estimate of drug-likeness (QED) is 0.913. The summed E-state index contributed by atoms with van der Waals surface area (Å²) in [6, 6.07) is 4.69. The largest absolute Gasteiger partial charge is 0.310 e. The van der Waals surface area contributed by atoms with Crippen molar-refractivity contribution in [3.05, 3.63) is 38.8 Å². The summed E-state index contributed by atoms with van der Waals surface area (Å²) in [6.07, 6.45) is 1.05. The van der Waals surface area contributed by atoms with E-state index in [1.54, 1.807) is 16.0 Å². The standard InChI is InChI=1S/C13H18ClN3S/c1-9(7-11-5-4-6-18-11)15-8-12-10(2)16-17(3)13(12)14/h4-6,9,15H,7-8H2,1-3H3. The molecule has 0 aliphatic rings. The summed E-state index contributed by atoms with van der Waals surface area (Å²) in [7, 11) is 1.87. The first-order valence-corrected chi connectivity index (χ1v) is 7.27. The van der Waals surface area contributed by atoms with Crippen LogP contribution in [-0.4, -0.2) is 15.8 Å². The molecule has 1 unspecified atom stereocenters. The van der Waals surface area contributed by atoms with E-state index in [2.05, 4.69) is 34.9 Å². The molecule has 1 N–H and O–H groups in total. The molecular formula is C13H18ClN3S. The highest BCUT2D eigenvalue weighted by Crippen LogP contribution is 2.18. The topological polar surface area (TPSA) is 29.9 Å². The molecule has 0 aliphatic carbocycles. The number of halogens is 1. The zero-order valence-corrected chi connectivity index (χ0v) is 12.5. The van der Waals surface area contributed by atoms with Crippen molar-refractivity contribution < 1.29 is 0 Å². The fourth-order valence-corrected chi connectivity index (χ4v) is 3.03. The van der Waals surface area contributed by atoms with E-state index < -0.39 is 0 Å². The molecule has 2 heterocycles. The Balaban J connectivity index is 1.91. The van der Waals surface area contributed by atoms with Gasteiger partial charge in [-0.25, -0.2) is 0 Å². The minimum absolute atomic E-state index is 0.430. The number of aryl methyl sites for hydroxylation is 2. The predicted octanol–water partition coefficient (Wildman–Crippen LogP) is 3.16. The first kappa shape index (κ1) is 13.6. The zero-order chi connectivity index (χ0) is 13.1. The van der Waals surface area contributed by atoms with Gasteiger partial charge < -0.3 is 5.32 Å². The Hall–Kier alpha value is -0.840. The molecule has 0 fully saturated rings. The van der Waals surface area contributed by atoms with Crippen molar-refractivity contribution in [1.29, 1.82) is 0 Å². The Kier molecular flexibility index (Phi) is 4.43. The highest BCUT2D eigenvalue weighted by molar-refractivity contribution is 7.09. The van der Waals surface area contributed by atoms with E-state index >= 15 is 0 Å². The first-order chi connectivity index (χ1) is 8.58.